The lowest BCUT2D eigenvalue weighted by Crippen LogP contribution is -2.36. The van der Waals surface area contributed by atoms with Crippen LogP contribution in [-0.4, -0.2) is 25.0 Å². The normalized spacial score (nSPS) is 20.2. The molecule has 1 fully saturated rings. The minimum Gasteiger partial charge on any atom is -0.383 e. The Morgan fingerprint density at radius 1 is 1.15 bits per heavy atom. The zero-order valence-electron chi connectivity index (χ0n) is 13.3. The predicted molar refractivity (Wildman–Crippen MR) is 76.8 cm³/mol. The number of nitriles is 1. The summed E-state index contributed by atoms with van der Waals surface area (Å²) >= 11 is 0. The molecule has 1 aliphatic rings. The van der Waals surface area contributed by atoms with Gasteiger partial charge >= 0.3 is 12.4 Å². The van der Waals surface area contributed by atoms with Crippen LogP contribution in [-0.2, 0) is 17.1 Å². The highest BCUT2D eigenvalue weighted by Gasteiger charge is 2.38. The third-order valence-corrected chi connectivity index (χ3v) is 3.65. The van der Waals surface area contributed by atoms with Crippen LogP contribution < -0.4 is 5.32 Å². The van der Waals surface area contributed by atoms with Gasteiger partial charge in [0.25, 0.3) is 0 Å². The van der Waals surface area contributed by atoms with Gasteiger partial charge in [0.1, 0.15) is 11.6 Å². The molecular formula is C16H12F6N2O2. The van der Waals surface area contributed by atoms with Crippen molar-refractivity contribution in [2.24, 2.45) is 0 Å². The van der Waals surface area contributed by atoms with Crippen molar-refractivity contribution in [3.05, 3.63) is 46.2 Å². The molecule has 10 heteroatoms. The molecule has 0 spiro atoms. The quantitative estimate of drug-likeness (QED) is 0.369. The molecule has 26 heavy (non-hydrogen) atoms. The number of alkyl halides is 6. The first-order valence-corrected chi connectivity index (χ1v) is 7.29. The Morgan fingerprint density at radius 2 is 1.69 bits per heavy atom. The van der Waals surface area contributed by atoms with Crippen molar-refractivity contribution in [3.63, 3.8) is 0 Å². The fourth-order valence-corrected chi connectivity index (χ4v) is 2.40. The SMILES string of the molecule is CC1OCCNC1=C(C#N)C(=O)c1cc(C(F)(F)F)cc(C(F)(F)F)c1. The number of hydrogen-bond acceptors (Lipinski definition) is 4. The number of carbonyl (C=O) groups is 1. The molecule has 140 valence electrons. The Hall–Kier alpha value is -2.54. The highest BCUT2D eigenvalue weighted by atomic mass is 19.4. The summed E-state index contributed by atoms with van der Waals surface area (Å²) < 4.78 is 82.7. The van der Waals surface area contributed by atoms with Gasteiger partial charge < -0.3 is 10.1 Å². The number of nitrogens with one attached hydrogen (secondary N) is 1. The van der Waals surface area contributed by atoms with Crippen LogP contribution >= 0.6 is 0 Å². The lowest BCUT2D eigenvalue weighted by Gasteiger charge is -2.25. The Balaban J connectivity index is 2.61. The lowest BCUT2D eigenvalue weighted by molar-refractivity contribution is -0.143. The van der Waals surface area contributed by atoms with Gasteiger partial charge in [-0.15, -0.1) is 0 Å². The van der Waals surface area contributed by atoms with E-state index in [1.807, 2.05) is 0 Å². The summed E-state index contributed by atoms with van der Waals surface area (Å²) in [6, 6.07) is 2.05. The van der Waals surface area contributed by atoms with Crippen molar-refractivity contribution in [3.8, 4) is 6.07 Å². The van der Waals surface area contributed by atoms with Crippen LogP contribution in [0.1, 0.15) is 28.4 Å². The van der Waals surface area contributed by atoms with E-state index in [0.717, 1.165) is 0 Å². The molecule has 0 radical (unpaired) electrons. The van der Waals surface area contributed by atoms with E-state index in [-0.39, 0.29) is 24.9 Å². The van der Waals surface area contributed by atoms with E-state index in [4.69, 9.17) is 4.74 Å². The molecule has 0 aromatic heterocycles. The lowest BCUT2D eigenvalue weighted by atomic mass is 9.96. The Bertz CT molecular complexity index is 757. The average Bonchev–Trinajstić information content (AvgIpc) is 2.55. The summed E-state index contributed by atoms with van der Waals surface area (Å²) in [4.78, 5) is 12.5. The third-order valence-electron chi connectivity index (χ3n) is 3.65. The van der Waals surface area contributed by atoms with Gasteiger partial charge in [-0.1, -0.05) is 0 Å². The number of carbonyl (C=O) groups excluding carboxylic acids is 1. The van der Waals surface area contributed by atoms with Crippen molar-refractivity contribution < 1.29 is 35.9 Å². The first-order chi connectivity index (χ1) is 11.9. The molecule has 1 aromatic carbocycles. The zero-order valence-corrected chi connectivity index (χ0v) is 13.3. The molecule has 1 heterocycles. The number of nitrogens with zero attached hydrogens (tertiary/aromatic N) is 1. The smallest absolute Gasteiger partial charge is 0.383 e. The van der Waals surface area contributed by atoms with Gasteiger partial charge in [0.05, 0.1) is 29.5 Å². The van der Waals surface area contributed by atoms with Crippen molar-refractivity contribution in [1.82, 2.24) is 5.32 Å². The number of ketones is 1. The molecule has 0 amide bonds. The molecule has 4 nitrogen and oxygen atoms in total. The fourth-order valence-electron chi connectivity index (χ4n) is 2.40. The van der Waals surface area contributed by atoms with E-state index >= 15 is 0 Å². The number of halogens is 6. The number of benzene rings is 1. The van der Waals surface area contributed by atoms with Gasteiger partial charge in [0.2, 0.25) is 5.78 Å². The van der Waals surface area contributed by atoms with Crippen molar-refractivity contribution >= 4 is 5.78 Å². The molecule has 1 atom stereocenters. The average molecular weight is 378 g/mol. The number of ether oxygens (including phenoxy) is 1. The predicted octanol–water partition coefficient (Wildman–Crippen LogP) is 3.69. The van der Waals surface area contributed by atoms with Crippen LogP contribution in [0.15, 0.2) is 29.5 Å². The minimum absolute atomic E-state index is 0.0229. The van der Waals surface area contributed by atoms with Crippen LogP contribution in [0.2, 0.25) is 0 Å². The van der Waals surface area contributed by atoms with Crippen LogP contribution in [0.3, 0.4) is 0 Å². The topological polar surface area (TPSA) is 62.1 Å². The largest absolute Gasteiger partial charge is 0.416 e. The molecule has 1 unspecified atom stereocenters. The molecule has 0 saturated carbocycles. The Labute approximate surface area is 144 Å². The molecule has 2 rings (SSSR count). The molecule has 0 bridgehead atoms. The summed E-state index contributed by atoms with van der Waals surface area (Å²) in [6.07, 6.45) is -10.9. The number of hydrogen-bond donors (Lipinski definition) is 1. The van der Waals surface area contributed by atoms with Gasteiger partial charge in [-0.3, -0.25) is 4.79 Å². The van der Waals surface area contributed by atoms with E-state index < -0.39 is 46.5 Å². The van der Waals surface area contributed by atoms with E-state index in [1.54, 1.807) is 6.07 Å². The van der Waals surface area contributed by atoms with Gasteiger partial charge in [-0.2, -0.15) is 31.6 Å². The van der Waals surface area contributed by atoms with Crippen LogP contribution in [0.4, 0.5) is 26.3 Å². The maximum atomic E-state index is 12.9. The van der Waals surface area contributed by atoms with Crippen molar-refractivity contribution in [2.45, 2.75) is 25.4 Å². The van der Waals surface area contributed by atoms with Gasteiger partial charge in [0, 0.05) is 12.1 Å². The van der Waals surface area contributed by atoms with Gasteiger partial charge in [-0.05, 0) is 25.1 Å². The molecule has 1 N–H and O–H groups in total. The maximum absolute atomic E-state index is 12.9. The number of rotatable bonds is 2. The first kappa shape index (κ1) is 19.8. The molecule has 1 aliphatic heterocycles. The first-order valence-electron chi connectivity index (χ1n) is 7.29. The fraction of sp³-hybridized carbons (Fsp3) is 0.375. The summed E-state index contributed by atoms with van der Waals surface area (Å²) in [5.74, 6) is -1.25. The Morgan fingerprint density at radius 3 is 2.12 bits per heavy atom. The van der Waals surface area contributed by atoms with E-state index in [2.05, 4.69) is 5.32 Å². The summed E-state index contributed by atoms with van der Waals surface area (Å²) in [6.45, 7) is 2.02. The second-order valence-corrected chi connectivity index (χ2v) is 5.46. The van der Waals surface area contributed by atoms with Crippen LogP contribution in [0.25, 0.3) is 0 Å². The van der Waals surface area contributed by atoms with E-state index in [0.29, 0.717) is 12.1 Å². The molecular weight excluding hydrogens is 366 g/mol. The van der Waals surface area contributed by atoms with E-state index in [1.165, 1.54) is 6.92 Å². The van der Waals surface area contributed by atoms with Gasteiger partial charge in [-0.25, -0.2) is 0 Å². The van der Waals surface area contributed by atoms with Crippen molar-refractivity contribution in [1.29, 1.82) is 5.26 Å². The number of allylic oxidation sites excluding steroid dienone is 1. The Kier molecular flexibility index (Phi) is 5.32. The second-order valence-electron chi connectivity index (χ2n) is 5.46. The van der Waals surface area contributed by atoms with Crippen LogP contribution in [0, 0.1) is 11.3 Å². The summed E-state index contributed by atoms with van der Waals surface area (Å²) in [5, 5.41) is 11.9. The number of morpholine rings is 1. The zero-order chi connectivity index (χ0) is 19.7. The monoisotopic (exact) mass is 378 g/mol. The minimum atomic E-state index is -5.09. The van der Waals surface area contributed by atoms with Gasteiger partial charge in [0.15, 0.2) is 0 Å². The van der Waals surface area contributed by atoms with Crippen molar-refractivity contribution in [2.75, 3.05) is 13.2 Å². The molecule has 1 aromatic rings. The summed E-state index contributed by atoms with van der Waals surface area (Å²) in [5.41, 5.74) is -4.70. The third kappa shape index (κ3) is 4.16. The molecule has 0 aliphatic carbocycles. The van der Waals surface area contributed by atoms with E-state index in [9.17, 15) is 36.4 Å². The maximum Gasteiger partial charge on any atom is 0.416 e. The summed E-state index contributed by atoms with van der Waals surface area (Å²) in [7, 11) is 0. The second kappa shape index (κ2) is 6.99. The highest BCUT2D eigenvalue weighted by Crippen LogP contribution is 2.36. The highest BCUT2D eigenvalue weighted by molar-refractivity contribution is 6.12. The number of Topliss-reactive ketones (excluding diaryl/α,β-unsaturated/α-hetero) is 1. The molecule has 1 saturated heterocycles. The van der Waals surface area contributed by atoms with Crippen LogP contribution in [0.5, 0.6) is 0 Å². The standard InChI is InChI=1S/C16H12F6N2O2/c1-8-13(24-2-3-26-8)12(7-23)14(25)9-4-10(15(17,18)19)6-11(5-9)16(20,21)22/h4-6,8,24H,2-3H2,1H3.